The van der Waals surface area contributed by atoms with Crippen LogP contribution in [0.1, 0.15) is 31.2 Å². The lowest BCUT2D eigenvalue weighted by Crippen LogP contribution is -2.47. The second-order valence-corrected chi connectivity index (χ2v) is 5.78. The maximum atomic E-state index is 10.8. The SMILES string of the molecule is O[C@]1(c2ccccc2)CC[C@@H](N2CCOCC2)CC1. The molecule has 1 saturated heterocycles. The first-order valence-electron chi connectivity index (χ1n) is 7.38. The summed E-state index contributed by atoms with van der Waals surface area (Å²) >= 11 is 0. The van der Waals surface area contributed by atoms with Gasteiger partial charge in [0.15, 0.2) is 0 Å². The molecule has 0 unspecified atom stereocenters. The van der Waals surface area contributed by atoms with Gasteiger partial charge in [-0.2, -0.15) is 0 Å². The molecule has 3 rings (SSSR count). The van der Waals surface area contributed by atoms with E-state index in [1.54, 1.807) is 0 Å². The van der Waals surface area contributed by atoms with Gasteiger partial charge in [0.1, 0.15) is 0 Å². The molecular formula is C16H23NO2. The molecule has 2 fully saturated rings. The van der Waals surface area contributed by atoms with Gasteiger partial charge in [-0.05, 0) is 31.2 Å². The number of hydrogen-bond acceptors (Lipinski definition) is 3. The smallest absolute Gasteiger partial charge is 0.0897 e. The molecule has 1 saturated carbocycles. The van der Waals surface area contributed by atoms with Crippen LogP contribution in [0.4, 0.5) is 0 Å². The number of nitrogens with zero attached hydrogens (tertiary/aromatic N) is 1. The molecule has 0 radical (unpaired) electrons. The summed E-state index contributed by atoms with van der Waals surface area (Å²) in [6.45, 7) is 3.82. The lowest BCUT2D eigenvalue weighted by molar-refractivity contribution is -0.0447. The van der Waals surface area contributed by atoms with Gasteiger partial charge >= 0.3 is 0 Å². The lowest BCUT2D eigenvalue weighted by Gasteiger charge is -2.42. The first-order valence-corrected chi connectivity index (χ1v) is 7.38. The van der Waals surface area contributed by atoms with Crippen LogP contribution in [0.15, 0.2) is 30.3 Å². The van der Waals surface area contributed by atoms with E-state index in [1.165, 1.54) is 0 Å². The number of benzene rings is 1. The van der Waals surface area contributed by atoms with Crippen molar-refractivity contribution in [2.24, 2.45) is 0 Å². The zero-order valence-corrected chi connectivity index (χ0v) is 11.4. The van der Waals surface area contributed by atoms with E-state index in [4.69, 9.17) is 4.74 Å². The molecule has 1 aliphatic heterocycles. The van der Waals surface area contributed by atoms with E-state index in [2.05, 4.69) is 17.0 Å². The average molecular weight is 261 g/mol. The number of morpholine rings is 1. The van der Waals surface area contributed by atoms with E-state index < -0.39 is 5.60 Å². The normalized spacial score (nSPS) is 33.2. The van der Waals surface area contributed by atoms with Crippen molar-refractivity contribution in [1.82, 2.24) is 4.90 Å². The minimum absolute atomic E-state index is 0.607. The van der Waals surface area contributed by atoms with E-state index in [1.807, 2.05) is 18.2 Å². The summed E-state index contributed by atoms with van der Waals surface area (Å²) in [5.41, 5.74) is 0.472. The molecule has 0 atom stereocenters. The minimum atomic E-state index is -0.607. The van der Waals surface area contributed by atoms with Crippen LogP contribution in [0.3, 0.4) is 0 Å². The van der Waals surface area contributed by atoms with Crippen LogP contribution in [0.25, 0.3) is 0 Å². The van der Waals surface area contributed by atoms with E-state index in [9.17, 15) is 5.11 Å². The quantitative estimate of drug-likeness (QED) is 0.885. The van der Waals surface area contributed by atoms with Crippen molar-refractivity contribution in [2.45, 2.75) is 37.3 Å². The highest BCUT2D eigenvalue weighted by Crippen LogP contribution is 2.38. The summed E-state index contributed by atoms with van der Waals surface area (Å²) in [7, 11) is 0. The predicted molar refractivity (Wildman–Crippen MR) is 75.0 cm³/mol. The van der Waals surface area contributed by atoms with Gasteiger partial charge < -0.3 is 9.84 Å². The topological polar surface area (TPSA) is 32.7 Å². The van der Waals surface area contributed by atoms with Crippen molar-refractivity contribution in [3.8, 4) is 0 Å². The fraction of sp³-hybridized carbons (Fsp3) is 0.625. The largest absolute Gasteiger partial charge is 0.385 e. The second-order valence-electron chi connectivity index (χ2n) is 5.78. The summed E-state index contributed by atoms with van der Waals surface area (Å²) in [5, 5.41) is 10.8. The van der Waals surface area contributed by atoms with Crippen molar-refractivity contribution < 1.29 is 9.84 Å². The Bertz CT molecular complexity index is 392. The monoisotopic (exact) mass is 261 g/mol. The fourth-order valence-corrected chi connectivity index (χ4v) is 3.42. The van der Waals surface area contributed by atoms with Crippen LogP contribution in [-0.4, -0.2) is 42.4 Å². The Labute approximate surface area is 115 Å². The van der Waals surface area contributed by atoms with E-state index in [0.717, 1.165) is 57.6 Å². The highest BCUT2D eigenvalue weighted by Gasteiger charge is 2.36. The molecule has 0 bridgehead atoms. The van der Waals surface area contributed by atoms with E-state index in [0.29, 0.717) is 6.04 Å². The third-order valence-corrected chi connectivity index (χ3v) is 4.66. The van der Waals surface area contributed by atoms with Crippen LogP contribution in [0.2, 0.25) is 0 Å². The van der Waals surface area contributed by atoms with Crippen LogP contribution < -0.4 is 0 Å². The first-order chi connectivity index (χ1) is 9.28. The van der Waals surface area contributed by atoms with Gasteiger partial charge in [-0.1, -0.05) is 30.3 Å². The molecule has 2 aliphatic rings. The fourth-order valence-electron chi connectivity index (χ4n) is 3.42. The maximum absolute atomic E-state index is 10.8. The molecule has 3 nitrogen and oxygen atoms in total. The standard InChI is InChI=1S/C16H23NO2/c18-16(14-4-2-1-3-5-14)8-6-15(7-9-16)17-10-12-19-13-11-17/h1-5,15,18H,6-13H2/t15-,16-. The van der Waals surface area contributed by atoms with Crippen LogP contribution in [0, 0.1) is 0 Å². The molecule has 0 aromatic heterocycles. The summed E-state index contributed by atoms with van der Waals surface area (Å²) in [4.78, 5) is 2.54. The number of rotatable bonds is 2. The summed E-state index contributed by atoms with van der Waals surface area (Å²) in [6.07, 6.45) is 3.93. The van der Waals surface area contributed by atoms with Gasteiger partial charge in [0, 0.05) is 19.1 Å². The van der Waals surface area contributed by atoms with Crippen molar-refractivity contribution >= 4 is 0 Å². The van der Waals surface area contributed by atoms with Crippen molar-refractivity contribution in [3.05, 3.63) is 35.9 Å². The predicted octanol–water partition coefficient (Wildman–Crippen LogP) is 2.15. The molecule has 3 heteroatoms. The highest BCUT2D eigenvalue weighted by atomic mass is 16.5. The summed E-state index contributed by atoms with van der Waals surface area (Å²) in [5.74, 6) is 0. The molecule has 0 spiro atoms. The average Bonchev–Trinajstić information content (AvgIpc) is 2.50. The van der Waals surface area contributed by atoms with Crippen LogP contribution >= 0.6 is 0 Å². The molecule has 0 amide bonds. The van der Waals surface area contributed by atoms with Crippen LogP contribution in [-0.2, 0) is 10.3 Å². The van der Waals surface area contributed by atoms with E-state index >= 15 is 0 Å². The van der Waals surface area contributed by atoms with Gasteiger partial charge in [0.2, 0.25) is 0 Å². The molecule has 104 valence electrons. The van der Waals surface area contributed by atoms with E-state index in [-0.39, 0.29) is 0 Å². The molecule has 1 heterocycles. The van der Waals surface area contributed by atoms with Crippen LogP contribution in [0.5, 0.6) is 0 Å². The molecule has 19 heavy (non-hydrogen) atoms. The van der Waals surface area contributed by atoms with Crippen molar-refractivity contribution in [1.29, 1.82) is 0 Å². The Balaban J connectivity index is 1.62. The van der Waals surface area contributed by atoms with Gasteiger partial charge in [-0.25, -0.2) is 0 Å². The Morgan fingerprint density at radius 2 is 1.68 bits per heavy atom. The molecule has 1 aromatic rings. The number of ether oxygens (including phenoxy) is 1. The summed E-state index contributed by atoms with van der Waals surface area (Å²) < 4.78 is 5.41. The van der Waals surface area contributed by atoms with Gasteiger partial charge in [0.05, 0.1) is 18.8 Å². The molecular weight excluding hydrogens is 238 g/mol. The zero-order valence-electron chi connectivity index (χ0n) is 11.4. The van der Waals surface area contributed by atoms with Gasteiger partial charge in [-0.15, -0.1) is 0 Å². The molecule has 1 aromatic carbocycles. The molecule has 1 aliphatic carbocycles. The Hall–Kier alpha value is -0.900. The van der Waals surface area contributed by atoms with Gasteiger partial charge in [-0.3, -0.25) is 4.90 Å². The zero-order chi connectivity index (χ0) is 13.1. The Morgan fingerprint density at radius 1 is 1.05 bits per heavy atom. The van der Waals surface area contributed by atoms with Gasteiger partial charge in [0.25, 0.3) is 0 Å². The maximum Gasteiger partial charge on any atom is 0.0897 e. The summed E-state index contributed by atoms with van der Waals surface area (Å²) in [6, 6.07) is 10.8. The third-order valence-electron chi connectivity index (χ3n) is 4.66. The first kappa shape index (κ1) is 13.1. The lowest BCUT2D eigenvalue weighted by atomic mass is 9.77. The molecule has 1 N–H and O–H groups in total. The third kappa shape index (κ3) is 2.83. The van der Waals surface area contributed by atoms with Crippen molar-refractivity contribution in [3.63, 3.8) is 0 Å². The van der Waals surface area contributed by atoms with Crippen molar-refractivity contribution in [2.75, 3.05) is 26.3 Å². The number of aliphatic hydroxyl groups is 1. The Morgan fingerprint density at radius 3 is 2.32 bits per heavy atom. The second kappa shape index (κ2) is 5.61. The highest BCUT2D eigenvalue weighted by molar-refractivity contribution is 5.23. The Kier molecular flexibility index (Phi) is 3.87. The minimum Gasteiger partial charge on any atom is -0.385 e. The number of hydrogen-bond donors (Lipinski definition) is 1.